The van der Waals surface area contributed by atoms with E-state index >= 15 is 0 Å². The Bertz CT molecular complexity index is 311. The Balaban J connectivity index is 2.66. The van der Waals surface area contributed by atoms with E-state index in [1.165, 1.54) is 0 Å². The molecule has 0 spiro atoms. The number of likely N-dealkylation sites (N-methyl/N-ethyl adjacent to an activating group) is 1. The van der Waals surface area contributed by atoms with Gasteiger partial charge in [0.05, 0.1) is 0 Å². The van der Waals surface area contributed by atoms with Gasteiger partial charge in [-0.1, -0.05) is 0 Å². The summed E-state index contributed by atoms with van der Waals surface area (Å²) in [4.78, 5) is 10.5. The molecule has 0 amide bonds. The molecule has 5 nitrogen and oxygen atoms in total. The minimum absolute atomic E-state index is 0.572. The monoisotopic (exact) mass is 209 g/mol. The van der Waals surface area contributed by atoms with E-state index < -0.39 is 0 Å². The van der Waals surface area contributed by atoms with Gasteiger partial charge in [-0.15, -0.1) is 0 Å². The molecular formula is C10H19N5. The SMILES string of the molecule is CCNc1ncc(CCN(C)C)c(N)n1. The highest BCUT2D eigenvalue weighted by Crippen LogP contribution is 2.10. The standard InChI is InChI=1S/C10H19N5/c1-4-12-10-13-7-8(9(11)14-10)5-6-15(2)3/h7H,4-6H2,1-3H3,(H3,11,12,13,14). The van der Waals surface area contributed by atoms with Crippen molar-refractivity contribution in [1.29, 1.82) is 0 Å². The molecule has 0 aliphatic carbocycles. The molecule has 1 rings (SSSR count). The normalized spacial score (nSPS) is 10.7. The molecule has 15 heavy (non-hydrogen) atoms. The van der Waals surface area contributed by atoms with Crippen LogP contribution in [0.4, 0.5) is 11.8 Å². The van der Waals surface area contributed by atoms with E-state index in [0.717, 1.165) is 25.1 Å². The molecule has 84 valence electrons. The van der Waals surface area contributed by atoms with Crippen LogP contribution in [-0.4, -0.2) is 42.1 Å². The predicted octanol–water partition coefficient (Wildman–Crippen LogP) is 0.595. The number of aromatic nitrogens is 2. The Hall–Kier alpha value is -1.36. The van der Waals surface area contributed by atoms with Gasteiger partial charge in [0.15, 0.2) is 0 Å². The van der Waals surface area contributed by atoms with Gasteiger partial charge >= 0.3 is 0 Å². The quantitative estimate of drug-likeness (QED) is 0.743. The number of hydrogen-bond donors (Lipinski definition) is 2. The number of nitrogens with one attached hydrogen (secondary N) is 1. The molecule has 0 radical (unpaired) electrons. The highest BCUT2D eigenvalue weighted by atomic mass is 15.1. The summed E-state index contributed by atoms with van der Waals surface area (Å²) in [6, 6.07) is 0. The molecule has 0 unspecified atom stereocenters. The van der Waals surface area contributed by atoms with E-state index in [1.807, 2.05) is 21.0 Å². The van der Waals surface area contributed by atoms with Crippen LogP contribution in [0.3, 0.4) is 0 Å². The van der Waals surface area contributed by atoms with Gasteiger partial charge in [-0.25, -0.2) is 4.98 Å². The summed E-state index contributed by atoms with van der Waals surface area (Å²) < 4.78 is 0. The molecule has 3 N–H and O–H groups in total. The first-order valence-corrected chi connectivity index (χ1v) is 5.13. The first-order valence-electron chi connectivity index (χ1n) is 5.13. The lowest BCUT2D eigenvalue weighted by atomic mass is 10.2. The molecular weight excluding hydrogens is 190 g/mol. The van der Waals surface area contributed by atoms with Gasteiger partial charge in [-0.05, 0) is 27.4 Å². The highest BCUT2D eigenvalue weighted by molar-refractivity contribution is 5.43. The van der Waals surface area contributed by atoms with Gasteiger partial charge in [0.25, 0.3) is 0 Å². The zero-order chi connectivity index (χ0) is 11.3. The zero-order valence-electron chi connectivity index (χ0n) is 9.62. The second kappa shape index (κ2) is 5.50. The smallest absolute Gasteiger partial charge is 0.224 e. The Morgan fingerprint density at radius 2 is 2.20 bits per heavy atom. The summed E-state index contributed by atoms with van der Waals surface area (Å²) >= 11 is 0. The van der Waals surface area contributed by atoms with Crippen molar-refractivity contribution >= 4 is 11.8 Å². The van der Waals surface area contributed by atoms with E-state index in [1.54, 1.807) is 6.20 Å². The molecule has 0 aromatic carbocycles. The highest BCUT2D eigenvalue weighted by Gasteiger charge is 2.03. The first kappa shape index (κ1) is 11.7. The summed E-state index contributed by atoms with van der Waals surface area (Å²) in [5, 5.41) is 3.03. The zero-order valence-corrected chi connectivity index (χ0v) is 9.62. The maximum absolute atomic E-state index is 5.83. The van der Waals surface area contributed by atoms with Gasteiger partial charge in [0.2, 0.25) is 5.95 Å². The maximum atomic E-state index is 5.83. The number of rotatable bonds is 5. The van der Waals surface area contributed by atoms with Gasteiger partial charge in [0, 0.05) is 24.8 Å². The van der Waals surface area contributed by atoms with E-state index in [0.29, 0.717) is 11.8 Å². The molecule has 5 heteroatoms. The van der Waals surface area contributed by atoms with Crippen LogP contribution in [-0.2, 0) is 6.42 Å². The number of nitrogens with zero attached hydrogens (tertiary/aromatic N) is 3. The second-order valence-corrected chi connectivity index (χ2v) is 3.69. The lowest BCUT2D eigenvalue weighted by Crippen LogP contribution is -2.16. The minimum Gasteiger partial charge on any atom is -0.383 e. The van der Waals surface area contributed by atoms with Crippen molar-refractivity contribution in [1.82, 2.24) is 14.9 Å². The minimum atomic E-state index is 0.572. The molecule has 1 aromatic rings. The van der Waals surface area contributed by atoms with Crippen LogP contribution in [0.2, 0.25) is 0 Å². The topological polar surface area (TPSA) is 67.1 Å². The fourth-order valence-corrected chi connectivity index (χ4v) is 1.20. The summed E-state index contributed by atoms with van der Waals surface area (Å²) in [6.45, 7) is 3.75. The van der Waals surface area contributed by atoms with Crippen LogP contribution in [0.5, 0.6) is 0 Å². The van der Waals surface area contributed by atoms with Crippen LogP contribution in [0.25, 0.3) is 0 Å². The van der Waals surface area contributed by atoms with Crippen LogP contribution >= 0.6 is 0 Å². The van der Waals surface area contributed by atoms with E-state index in [2.05, 4.69) is 20.2 Å². The molecule has 0 fully saturated rings. The van der Waals surface area contributed by atoms with Crippen molar-refractivity contribution in [3.05, 3.63) is 11.8 Å². The van der Waals surface area contributed by atoms with Crippen molar-refractivity contribution in [3.63, 3.8) is 0 Å². The number of nitrogen functional groups attached to an aromatic ring is 1. The molecule has 0 bridgehead atoms. The van der Waals surface area contributed by atoms with Gasteiger partial charge in [-0.3, -0.25) is 0 Å². The third kappa shape index (κ3) is 3.71. The summed E-state index contributed by atoms with van der Waals surface area (Å²) in [5.41, 5.74) is 6.83. The molecule has 1 heterocycles. The molecule has 0 aliphatic heterocycles. The second-order valence-electron chi connectivity index (χ2n) is 3.69. The van der Waals surface area contributed by atoms with Gasteiger partial charge in [-0.2, -0.15) is 4.98 Å². The number of hydrogen-bond acceptors (Lipinski definition) is 5. The third-order valence-electron chi connectivity index (χ3n) is 2.06. The van der Waals surface area contributed by atoms with Crippen molar-refractivity contribution < 1.29 is 0 Å². The Labute approximate surface area is 90.7 Å². The molecule has 0 aliphatic rings. The van der Waals surface area contributed by atoms with Crippen molar-refractivity contribution in [2.75, 3.05) is 38.2 Å². The average molecular weight is 209 g/mol. The maximum Gasteiger partial charge on any atom is 0.224 e. The van der Waals surface area contributed by atoms with Crippen LogP contribution in [0.15, 0.2) is 6.20 Å². The van der Waals surface area contributed by atoms with Crippen LogP contribution < -0.4 is 11.1 Å². The third-order valence-corrected chi connectivity index (χ3v) is 2.06. The molecule has 1 aromatic heterocycles. The lowest BCUT2D eigenvalue weighted by Gasteiger charge is -2.10. The first-order chi connectivity index (χ1) is 7.13. The lowest BCUT2D eigenvalue weighted by molar-refractivity contribution is 0.413. The summed E-state index contributed by atoms with van der Waals surface area (Å²) in [7, 11) is 4.06. The van der Waals surface area contributed by atoms with Crippen molar-refractivity contribution in [3.8, 4) is 0 Å². The molecule has 0 atom stereocenters. The van der Waals surface area contributed by atoms with Crippen molar-refractivity contribution in [2.24, 2.45) is 0 Å². The van der Waals surface area contributed by atoms with Crippen LogP contribution in [0.1, 0.15) is 12.5 Å². The fraction of sp³-hybridized carbons (Fsp3) is 0.600. The fourth-order valence-electron chi connectivity index (χ4n) is 1.20. The largest absolute Gasteiger partial charge is 0.383 e. The molecule has 0 saturated heterocycles. The Kier molecular flexibility index (Phi) is 4.30. The summed E-state index contributed by atoms with van der Waals surface area (Å²) in [6.07, 6.45) is 2.68. The van der Waals surface area contributed by atoms with Crippen LogP contribution in [0, 0.1) is 0 Å². The van der Waals surface area contributed by atoms with E-state index in [9.17, 15) is 0 Å². The number of anilines is 2. The number of nitrogens with two attached hydrogens (primary N) is 1. The summed E-state index contributed by atoms with van der Waals surface area (Å²) in [5.74, 6) is 1.17. The Morgan fingerprint density at radius 1 is 1.47 bits per heavy atom. The van der Waals surface area contributed by atoms with Gasteiger partial charge < -0.3 is 16.0 Å². The van der Waals surface area contributed by atoms with Crippen molar-refractivity contribution in [2.45, 2.75) is 13.3 Å². The average Bonchev–Trinajstić information content (AvgIpc) is 2.17. The molecule has 0 saturated carbocycles. The van der Waals surface area contributed by atoms with E-state index in [-0.39, 0.29) is 0 Å². The van der Waals surface area contributed by atoms with E-state index in [4.69, 9.17) is 5.73 Å². The predicted molar refractivity (Wildman–Crippen MR) is 62.9 cm³/mol. The Morgan fingerprint density at radius 3 is 2.73 bits per heavy atom. The van der Waals surface area contributed by atoms with Gasteiger partial charge in [0.1, 0.15) is 5.82 Å².